The van der Waals surface area contributed by atoms with Gasteiger partial charge in [0.2, 0.25) is 10.9 Å². The van der Waals surface area contributed by atoms with Gasteiger partial charge in [-0.3, -0.25) is 14.5 Å². The monoisotopic (exact) mass is 424 g/mol. The van der Waals surface area contributed by atoms with Crippen LogP contribution in [0.4, 0.5) is 11.5 Å². The van der Waals surface area contributed by atoms with Crippen LogP contribution in [0.5, 0.6) is 0 Å². The van der Waals surface area contributed by atoms with Crippen LogP contribution in [0.15, 0.2) is 42.5 Å². The molecule has 3 rings (SSSR count). The number of carbonyl (C=O) groups is 2. The van der Waals surface area contributed by atoms with Gasteiger partial charge in [0.1, 0.15) is 10.8 Å². The summed E-state index contributed by atoms with van der Waals surface area (Å²) in [6, 6.07) is 13.2. The van der Waals surface area contributed by atoms with Crippen molar-refractivity contribution in [3.63, 3.8) is 0 Å². The first-order valence-electron chi connectivity index (χ1n) is 9.57. The number of carbonyl (C=O) groups excluding carboxylic acids is 2. The van der Waals surface area contributed by atoms with Crippen molar-refractivity contribution in [1.82, 2.24) is 20.1 Å². The minimum atomic E-state index is -0.297. The van der Waals surface area contributed by atoms with E-state index in [0.29, 0.717) is 23.1 Å². The largest absolute Gasteiger partial charge is 0.320 e. The Morgan fingerprint density at radius 3 is 2.53 bits per heavy atom. The van der Waals surface area contributed by atoms with Gasteiger partial charge in [0.25, 0.3) is 5.91 Å². The number of aryl methyl sites for hydroxylation is 2. The normalized spacial score (nSPS) is 10.8. The molecule has 2 heterocycles. The molecule has 0 fully saturated rings. The van der Waals surface area contributed by atoms with Crippen molar-refractivity contribution in [2.75, 3.05) is 24.2 Å². The molecule has 0 atom stereocenters. The van der Waals surface area contributed by atoms with Crippen molar-refractivity contribution in [3.05, 3.63) is 63.7 Å². The molecule has 156 valence electrons. The number of likely N-dealkylation sites (N-methyl/N-ethyl adjacent to an activating group) is 1. The fourth-order valence-electron chi connectivity index (χ4n) is 2.74. The van der Waals surface area contributed by atoms with Gasteiger partial charge in [-0.05, 0) is 50.2 Å². The maximum atomic E-state index is 12.4. The molecule has 3 aromatic rings. The predicted molar refractivity (Wildman–Crippen MR) is 118 cm³/mol. The lowest BCUT2D eigenvalue weighted by Crippen LogP contribution is -2.30. The lowest BCUT2D eigenvalue weighted by Gasteiger charge is -2.14. The Kier molecular flexibility index (Phi) is 7.21. The summed E-state index contributed by atoms with van der Waals surface area (Å²) in [5.41, 5.74) is 2.76. The zero-order chi connectivity index (χ0) is 21.5. The standard InChI is InChI=1S/C21H24N6O2S/c1-4-15-8-10-16(11-9-15)23-20(29)21-26-25-19(30-21)13-27(3)12-18(28)24-17-7-5-6-14(2)22-17/h5-11H,4,12-13H2,1-3H3,(H,23,29)(H,22,24,28). The highest BCUT2D eigenvalue weighted by molar-refractivity contribution is 7.13. The van der Waals surface area contributed by atoms with Crippen molar-refractivity contribution < 1.29 is 9.59 Å². The number of aromatic nitrogens is 3. The Hall–Kier alpha value is -3.17. The number of benzene rings is 1. The SMILES string of the molecule is CCc1ccc(NC(=O)c2nnc(CN(C)CC(=O)Nc3cccc(C)n3)s2)cc1. The van der Waals surface area contributed by atoms with Crippen LogP contribution in [-0.2, 0) is 17.8 Å². The first kappa shape index (κ1) is 21.5. The smallest absolute Gasteiger partial charge is 0.286 e. The fourth-order valence-corrected chi connectivity index (χ4v) is 3.56. The van der Waals surface area contributed by atoms with Crippen molar-refractivity contribution in [2.45, 2.75) is 26.8 Å². The molecule has 8 nitrogen and oxygen atoms in total. The third-order valence-corrected chi connectivity index (χ3v) is 5.16. The molecule has 0 aliphatic rings. The molecule has 0 aliphatic carbocycles. The minimum Gasteiger partial charge on any atom is -0.320 e. The van der Waals surface area contributed by atoms with Gasteiger partial charge in [0, 0.05) is 11.4 Å². The lowest BCUT2D eigenvalue weighted by molar-refractivity contribution is -0.117. The van der Waals surface area contributed by atoms with Gasteiger partial charge in [0.15, 0.2) is 0 Å². The zero-order valence-corrected chi connectivity index (χ0v) is 18.0. The number of anilines is 2. The van der Waals surface area contributed by atoms with Crippen molar-refractivity contribution in [3.8, 4) is 0 Å². The summed E-state index contributed by atoms with van der Waals surface area (Å²) in [4.78, 5) is 30.6. The third-order valence-electron chi connectivity index (χ3n) is 4.26. The number of hydrogen-bond donors (Lipinski definition) is 2. The van der Waals surface area contributed by atoms with E-state index in [1.807, 2.05) is 43.3 Å². The van der Waals surface area contributed by atoms with Gasteiger partial charge in [-0.15, -0.1) is 10.2 Å². The zero-order valence-electron chi connectivity index (χ0n) is 17.2. The Labute approximate surface area is 179 Å². The molecule has 0 spiro atoms. The number of nitrogens with zero attached hydrogens (tertiary/aromatic N) is 4. The molecule has 0 saturated heterocycles. The van der Waals surface area contributed by atoms with E-state index < -0.39 is 0 Å². The number of nitrogens with one attached hydrogen (secondary N) is 2. The molecular weight excluding hydrogens is 400 g/mol. The molecule has 30 heavy (non-hydrogen) atoms. The van der Waals surface area contributed by atoms with E-state index in [-0.39, 0.29) is 23.4 Å². The molecule has 1 aromatic carbocycles. The average molecular weight is 425 g/mol. The van der Waals surface area contributed by atoms with Crippen LogP contribution >= 0.6 is 11.3 Å². The van der Waals surface area contributed by atoms with E-state index in [1.54, 1.807) is 18.0 Å². The number of pyridine rings is 1. The van der Waals surface area contributed by atoms with Crippen LogP contribution < -0.4 is 10.6 Å². The van der Waals surface area contributed by atoms with E-state index in [9.17, 15) is 9.59 Å². The third kappa shape index (κ3) is 6.16. The molecule has 0 radical (unpaired) electrons. The number of hydrogen-bond acceptors (Lipinski definition) is 7. The highest BCUT2D eigenvalue weighted by Gasteiger charge is 2.15. The van der Waals surface area contributed by atoms with Gasteiger partial charge in [-0.1, -0.05) is 36.5 Å². The minimum absolute atomic E-state index is 0.167. The van der Waals surface area contributed by atoms with Crippen LogP contribution in [0.2, 0.25) is 0 Å². The molecule has 0 aliphatic heterocycles. The maximum absolute atomic E-state index is 12.4. The summed E-state index contributed by atoms with van der Waals surface area (Å²) in [6.45, 7) is 4.52. The summed E-state index contributed by atoms with van der Waals surface area (Å²) in [5.74, 6) is 0.0535. The first-order valence-corrected chi connectivity index (χ1v) is 10.4. The summed E-state index contributed by atoms with van der Waals surface area (Å²) >= 11 is 1.21. The van der Waals surface area contributed by atoms with E-state index in [0.717, 1.165) is 12.1 Å². The van der Waals surface area contributed by atoms with Crippen molar-refractivity contribution in [2.24, 2.45) is 0 Å². The van der Waals surface area contributed by atoms with Crippen molar-refractivity contribution >= 4 is 34.7 Å². The second kappa shape index (κ2) is 10.0. The van der Waals surface area contributed by atoms with Gasteiger partial charge >= 0.3 is 0 Å². The Morgan fingerprint density at radius 1 is 1.07 bits per heavy atom. The first-order chi connectivity index (χ1) is 14.4. The molecule has 2 amide bonds. The second-order valence-corrected chi connectivity index (χ2v) is 7.95. The van der Waals surface area contributed by atoms with Crippen LogP contribution in [0.1, 0.15) is 33.0 Å². The van der Waals surface area contributed by atoms with Gasteiger partial charge in [0.05, 0.1) is 13.1 Å². The van der Waals surface area contributed by atoms with Crippen LogP contribution in [0.3, 0.4) is 0 Å². The maximum Gasteiger partial charge on any atom is 0.286 e. The van der Waals surface area contributed by atoms with Crippen LogP contribution in [0, 0.1) is 6.92 Å². The quantitative estimate of drug-likeness (QED) is 0.576. The summed E-state index contributed by atoms with van der Waals surface area (Å²) in [6.07, 6.45) is 0.945. The van der Waals surface area contributed by atoms with E-state index >= 15 is 0 Å². The fraction of sp³-hybridized carbons (Fsp3) is 0.286. The summed E-state index contributed by atoms with van der Waals surface area (Å²) < 4.78 is 0. The number of amides is 2. The summed E-state index contributed by atoms with van der Waals surface area (Å²) in [7, 11) is 1.81. The van der Waals surface area contributed by atoms with E-state index in [1.165, 1.54) is 16.9 Å². The molecule has 0 unspecified atom stereocenters. The van der Waals surface area contributed by atoms with Gasteiger partial charge < -0.3 is 10.6 Å². The van der Waals surface area contributed by atoms with Gasteiger partial charge in [-0.2, -0.15) is 0 Å². The van der Waals surface area contributed by atoms with Crippen LogP contribution in [-0.4, -0.2) is 45.5 Å². The van der Waals surface area contributed by atoms with Crippen molar-refractivity contribution in [1.29, 1.82) is 0 Å². The molecule has 0 saturated carbocycles. The number of rotatable bonds is 8. The highest BCUT2D eigenvalue weighted by Crippen LogP contribution is 2.15. The molecule has 2 N–H and O–H groups in total. The predicted octanol–water partition coefficient (Wildman–Crippen LogP) is 3.13. The molecule has 0 bridgehead atoms. The Morgan fingerprint density at radius 2 is 1.83 bits per heavy atom. The topological polar surface area (TPSA) is 100 Å². The van der Waals surface area contributed by atoms with E-state index in [2.05, 4.69) is 32.7 Å². The summed E-state index contributed by atoms with van der Waals surface area (Å²) in [5, 5.41) is 14.6. The lowest BCUT2D eigenvalue weighted by atomic mass is 10.1. The molecular formula is C21H24N6O2S. The highest BCUT2D eigenvalue weighted by atomic mass is 32.1. The molecule has 2 aromatic heterocycles. The van der Waals surface area contributed by atoms with E-state index in [4.69, 9.17) is 0 Å². The molecule has 9 heteroatoms. The van der Waals surface area contributed by atoms with Crippen LogP contribution in [0.25, 0.3) is 0 Å². The Bertz CT molecular complexity index is 1020. The average Bonchev–Trinajstić information content (AvgIpc) is 3.17. The van der Waals surface area contributed by atoms with Gasteiger partial charge in [-0.25, -0.2) is 4.98 Å². The second-order valence-electron chi connectivity index (χ2n) is 6.89. The Balaban J connectivity index is 1.51.